The fraction of sp³-hybridized carbons (Fsp3) is 0. The first-order valence-electron chi connectivity index (χ1n) is 8.00. The van der Waals surface area contributed by atoms with E-state index in [9.17, 15) is 25.0 Å². The van der Waals surface area contributed by atoms with Crippen LogP contribution in [0.25, 0.3) is 21.7 Å². The molecule has 1 heterocycles. The van der Waals surface area contributed by atoms with E-state index in [1.807, 2.05) is 0 Å². The zero-order chi connectivity index (χ0) is 19.8. The van der Waals surface area contributed by atoms with Crippen LogP contribution in [0, 0.1) is 20.2 Å². The molecule has 4 aromatic rings. The Morgan fingerprint density at radius 1 is 0.821 bits per heavy atom. The molecule has 0 aliphatic heterocycles. The molecule has 0 spiro atoms. The molecule has 0 aliphatic rings. The Kier molecular flexibility index (Phi) is 3.96. The minimum Gasteiger partial charge on any atom is -0.450 e. The lowest BCUT2D eigenvalue weighted by Crippen LogP contribution is -1.99. The van der Waals surface area contributed by atoms with Gasteiger partial charge in [0.15, 0.2) is 0 Å². The third kappa shape index (κ3) is 2.90. The van der Waals surface area contributed by atoms with E-state index in [-0.39, 0.29) is 17.1 Å². The van der Waals surface area contributed by atoms with Gasteiger partial charge in [0, 0.05) is 17.5 Å². The van der Waals surface area contributed by atoms with E-state index in [0.717, 1.165) is 18.2 Å². The molecule has 4 rings (SSSR count). The molecule has 0 aliphatic carbocycles. The summed E-state index contributed by atoms with van der Waals surface area (Å²) < 4.78 is 10.9. The molecule has 9 nitrogen and oxygen atoms in total. The topological polar surface area (TPSA) is 126 Å². The van der Waals surface area contributed by atoms with Crippen molar-refractivity contribution in [1.29, 1.82) is 0 Å². The Balaban J connectivity index is 1.81. The van der Waals surface area contributed by atoms with E-state index < -0.39 is 26.8 Å². The van der Waals surface area contributed by atoms with Crippen LogP contribution in [0.3, 0.4) is 0 Å². The van der Waals surface area contributed by atoms with Gasteiger partial charge in [-0.1, -0.05) is 18.2 Å². The molecule has 0 N–H and O–H groups in total. The van der Waals surface area contributed by atoms with Crippen molar-refractivity contribution >= 4 is 33.1 Å². The summed E-state index contributed by atoms with van der Waals surface area (Å²) in [5, 5.41) is 23.9. The SMILES string of the molecule is O=c1oc2cc(Oc3ccc([N+](=O)[O-])cc3[N+](=O)[O-])ccc2c2ccccc12. The van der Waals surface area contributed by atoms with Gasteiger partial charge in [-0.15, -0.1) is 0 Å². The number of fused-ring (bicyclic) bond motifs is 3. The zero-order valence-electron chi connectivity index (χ0n) is 14.0. The van der Waals surface area contributed by atoms with E-state index in [1.165, 1.54) is 6.07 Å². The monoisotopic (exact) mass is 378 g/mol. The Morgan fingerprint density at radius 3 is 2.29 bits per heavy atom. The van der Waals surface area contributed by atoms with Gasteiger partial charge in [0.05, 0.1) is 21.3 Å². The highest BCUT2D eigenvalue weighted by Crippen LogP contribution is 2.35. The second kappa shape index (κ2) is 6.47. The van der Waals surface area contributed by atoms with E-state index in [0.29, 0.717) is 16.2 Å². The molecule has 0 amide bonds. The lowest BCUT2D eigenvalue weighted by atomic mass is 10.1. The number of nitrogens with zero attached hydrogens (tertiary/aromatic N) is 2. The standard InChI is InChI=1S/C19H10N2O7/c22-19-15-4-2-1-3-13(15)14-7-6-12(10-18(14)28-19)27-17-8-5-11(20(23)24)9-16(17)21(25)26/h1-10H. The van der Waals surface area contributed by atoms with Crippen LogP contribution >= 0.6 is 0 Å². The van der Waals surface area contributed by atoms with Gasteiger partial charge in [-0.05, 0) is 29.7 Å². The molecule has 28 heavy (non-hydrogen) atoms. The average Bonchev–Trinajstić information content (AvgIpc) is 2.68. The summed E-state index contributed by atoms with van der Waals surface area (Å²) in [4.78, 5) is 32.7. The van der Waals surface area contributed by atoms with Crippen molar-refractivity contribution in [3.05, 3.63) is 91.3 Å². The van der Waals surface area contributed by atoms with Gasteiger partial charge in [-0.2, -0.15) is 0 Å². The highest BCUT2D eigenvalue weighted by molar-refractivity contribution is 6.04. The summed E-state index contributed by atoms with van der Waals surface area (Å²) >= 11 is 0. The number of rotatable bonds is 4. The predicted octanol–water partition coefficient (Wildman–Crippen LogP) is 4.55. The second-order valence-corrected chi connectivity index (χ2v) is 5.86. The number of non-ortho nitro benzene ring substituents is 1. The molecule has 0 fully saturated rings. The van der Waals surface area contributed by atoms with Crippen LogP contribution in [0.5, 0.6) is 11.5 Å². The fourth-order valence-corrected chi connectivity index (χ4v) is 2.90. The third-order valence-electron chi connectivity index (χ3n) is 4.17. The lowest BCUT2D eigenvalue weighted by Gasteiger charge is -2.08. The maximum atomic E-state index is 12.1. The van der Waals surface area contributed by atoms with Gasteiger partial charge >= 0.3 is 11.3 Å². The van der Waals surface area contributed by atoms with Crippen molar-refractivity contribution < 1.29 is 19.0 Å². The number of benzene rings is 3. The van der Waals surface area contributed by atoms with E-state index in [2.05, 4.69) is 0 Å². The molecular weight excluding hydrogens is 368 g/mol. The highest BCUT2D eigenvalue weighted by atomic mass is 16.6. The summed E-state index contributed by atoms with van der Waals surface area (Å²) in [5.41, 5.74) is -1.23. The van der Waals surface area contributed by atoms with Gasteiger partial charge in [-0.25, -0.2) is 4.79 Å². The number of ether oxygens (including phenoxy) is 1. The summed E-state index contributed by atoms with van der Waals surface area (Å²) in [6, 6.07) is 14.7. The molecule has 138 valence electrons. The van der Waals surface area contributed by atoms with Crippen LogP contribution in [0.15, 0.2) is 69.9 Å². The zero-order valence-corrected chi connectivity index (χ0v) is 14.0. The van der Waals surface area contributed by atoms with Gasteiger partial charge in [-0.3, -0.25) is 20.2 Å². The quantitative estimate of drug-likeness (QED) is 0.220. The first-order chi connectivity index (χ1) is 13.4. The Morgan fingerprint density at radius 2 is 1.57 bits per heavy atom. The van der Waals surface area contributed by atoms with Crippen molar-refractivity contribution in [3.63, 3.8) is 0 Å². The van der Waals surface area contributed by atoms with Gasteiger partial charge in [0.1, 0.15) is 11.3 Å². The first kappa shape index (κ1) is 17.2. The Bertz CT molecular complexity index is 1330. The molecular formula is C19H10N2O7. The fourth-order valence-electron chi connectivity index (χ4n) is 2.90. The molecule has 0 saturated carbocycles. The molecule has 1 aromatic heterocycles. The maximum absolute atomic E-state index is 12.1. The van der Waals surface area contributed by atoms with E-state index >= 15 is 0 Å². The predicted molar refractivity (Wildman–Crippen MR) is 99.8 cm³/mol. The molecule has 0 radical (unpaired) electrons. The van der Waals surface area contributed by atoms with Crippen molar-refractivity contribution in [1.82, 2.24) is 0 Å². The van der Waals surface area contributed by atoms with Gasteiger partial charge in [0.25, 0.3) is 5.69 Å². The molecule has 0 unspecified atom stereocenters. The van der Waals surface area contributed by atoms with Gasteiger partial charge in [0.2, 0.25) is 5.75 Å². The number of nitro groups is 2. The van der Waals surface area contributed by atoms with Crippen LogP contribution in [0.4, 0.5) is 11.4 Å². The minimum atomic E-state index is -0.767. The van der Waals surface area contributed by atoms with Crippen LogP contribution < -0.4 is 10.4 Å². The van der Waals surface area contributed by atoms with Gasteiger partial charge < -0.3 is 9.15 Å². The van der Waals surface area contributed by atoms with Crippen LogP contribution in [0.1, 0.15) is 0 Å². The summed E-state index contributed by atoms with van der Waals surface area (Å²) in [7, 11) is 0. The highest BCUT2D eigenvalue weighted by Gasteiger charge is 2.21. The van der Waals surface area contributed by atoms with Crippen molar-refractivity contribution in [2.24, 2.45) is 0 Å². The number of nitro benzene ring substituents is 2. The molecule has 9 heteroatoms. The number of hydrogen-bond donors (Lipinski definition) is 0. The smallest absolute Gasteiger partial charge is 0.344 e. The second-order valence-electron chi connectivity index (χ2n) is 5.86. The molecule has 0 bridgehead atoms. The van der Waals surface area contributed by atoms with Crippen LogP contribution in [-0.4, -0.2) is 9.85 Å². The normalized spacial score (nSPS) is 10.9. The average molecular weight is 378 g/mol. The summed E-state index contributed by atoms with van der Waals surface area (Å²) in [6.45, 7) is 0. The third-order valence-corrected chi connectivity index (χ3v) is 4.17. The first-order valence-corrected chi connectivity index (χ1v) is 8.00. The Labute approximate surface area is 155 Å². The van der Waals surface area contributed by atoms with E-state index in [1.54, 1.807) is 36.4 Å². The molecule has 0 atom stereocenters. The number of hydrogen-bond acceptors (Lipinski definition) is 7. The largest absolute Gasteiger partial charge is 0.450 e. The summed E-state index contributed by atoms with van der Waals surface area (Å²) in [5.74, 6) is 0.0148. The van der Waals surface area contributed by atoms with Crippen molar-refractivity contribution in [3.8, 4) is 11.5 Å². The minimum absolute atomic E-state index is 0.168. The molecule has 0 saturated heterocycles. The van der Waals surface area contributed by atoms with Crippen LogP contribution in [0.2, 0.25) is 0 Å². The van der Waals surface area contributed by atoms with Crippen LogP contribution in [-0.2, 0) is 0 Å². The molecule has 3 aromatic carbocycles. The Hall–Kier alpha value is -4.27. The lowest BCUT2D eigenvalue weighted by molar-refractivity contribution is -0.394. The maximum Gasteiger partial charge on any atom is 0.344 e. The summed E-state index contributed by atoms with van der Waals surface area (Å²) in [6.07, 6.45) is 0. The van der Waals surface area contributed by atoms with Crippen molar-refractivity contribution in [2.45, 2.75) is 0 Å². The van der Waals surface area contributed by atoms with Crippen molar-refractivity contribution in [2.75, 3.05) is 0 Å². The van der Waals surface area contributed by atoms with E-state index in [4.69, 9.17) is 9.15 Å².